The first kappa shape index (κ1) is 12.6. The molecule has 1 N–H and O–H groups in total. The Hall–Kier alpha value is -0.400. The lowest BCUT2D eigenvalue weighted by Crippen LogP contribution is -2.24. The van der Waals surface area contributed by atoms with Crippen molar-refractivity contribution < 1.29 is 4.74 Å². The fourth-order valence-electron chi connectivity index (χ4n) is 2.47. The van der Waals surface area contributed by atoms with Crippen LogP contribution in [0.15, 0.2) is 18.2 Å². The van der Waals surface area contributed by atoms with E-state index < -0.39 is 0 Å². The number of H-pyrrole nitrogens is 1. The summed E-state index contributed by atoms with van der Waals surface area (Å²) in [5.74, 6) is 0. The van der Waals surface area contributed by atoms with Gasteiger partial charge in [0.25, 0.3) is 0 Å². The van der Waals surface area contributed by atoms with Crippen molar-refractivity contribution in [2.24, 2.45) is 0 Å². The summed E-state index contributed by atoms with van der Waals surface area (Å²) in [4.78, 5) is 3.27. The summed E-state index contributed by atoms with van der Waals surface area (Å²) in [6.45, 7) is 1.75. The molecule has 1 aliphatic rings. The van der Waals surface area contributed by atoms with Gasteiger partial charge < -0.3 is 14.3 Å². The minimum Gasteiger partial charge on any atom is -0.376 e. The Morgan fingerprint density at radius 3 is 3.11 bits per heavy atom. The van der Waals surface area contributed by atoms with Crippen LogP contribution in [0.2, 0.25) is 0 Å². The molecule has 0 radical (unpaired) electrons. The summed E-state index contributed by atoms with van der Waals surface area (Å²) >= 11 is 7.73. The third-order valence-corrected chi connectivity index (χ3v) is 4.39. The van der Waals surface area contributed by atoms with Crippen molar-refractivity contribution in [1.82, 2.24) is 9.55 Å². The molecular weight excluding hydrogens is 359 g/mol. The van der Waals surface area contributed by atoms with Gasteiger partial charge in [0.15, 0.2) is 4.77 Å². The second-order valence-electron chi connectivity index (χ2n) is 4.69. The first-order valence-corrected chi connectivity index (χ1v) is 7.72. The van der Waals surface area contributed by atoms with Crippen LogP contribution in [0.5, 0.6) is 0 Å². The van der Waals surface area contributed by atoms with Gasteiger partial charge in [-0.25, -0.2) is 0 Å². The molecule has 0 saturated carbocycles. The second-order valence-corrected chi connectivity index (χ2v) is 6.32. The standard InChI is InChI=1S/C13H15IN2OS/c14-9-4-5-12-11(7-9)15-13(18)16(12)8-10-3-1-2-6-17-10/h4-5,7,10H,1-3,6,8H2,(H,15,18). The number of aromatic nitrogens is 2. The van der Waals surface area contributed by atoms with Gasteiger partial charge in [0.05, 0.1) is 23.7 Å². The third-order valence-electron chi connectivity index (χ3n) is 3.40. The number of ether oxygens (including phenoxy) is 1. The van der Waals surface area contributed by atoms with Gasteiger partial charge in [-0.05, 0) is 72.3 Å². The smallest absolute Gasteiger partial charge is 0.178 e. The van der Waals surface area contributed by atoms with Gasteiger partial charge in [0, 0.05) is 10.2 Å². The van der Waals surface area contributed by atoms with E-state index in [-0.39, 0.29) is 0 Å². The Bertz CT molecular complexity index is 613. The molecule has 1 aromatic heterocycles. The summed E-state index contributed by atoms with van der Waals surface area (Å²) in [5.41, 5.74) is 2.29. The van der Waals surface area contributed by atoms with E-state index in [2.05, 4.69) is 50.3 Å². The molecule has 1 atom stereocenters. The van der Waals surface area contributed by atoms with E-state index in [0.29, 0.717) is 6.10 Å². The van der Waals surface area contributed by atoms with Gasteiger partial charge in [-0.3, -0.25) is 0 Å². The maximum Gasteiger partial charge on any atom is 0.178 e. The van der Waals surface area contributed by atoms with Crippen molar-refractivity contribution in [3.8, 4) is 0 Å². The predicted molar refractivity (Wildman–Crippen MR) is 83.4 cm³/mol. The topological polar surface area (TPSA) is 29.9 Å². The summed E-state index contributed by atoms with van der Waals surface area (Å²) in [5, 5.41) is 0. The molecule has 2 aromatic rings. The number of fused-ring (bicyclic) bond motifs is 1. The average Bonchev–Trinajstić information content (AvgIpc) is 2.66. The molecule has 1 aromatic carbocycles. The van der Waals surface area contributed by atoms with Crippen molar-refractivity contribution in [3.63, 3.8) is 0 Å². The average molecular weight is 374 g/mol. The monoisotopic (exact) mass is 374 g/mol. The highest BCUT2D eigenvalue weighted by Crippen LogP contribution is 2.20. The molecule has 1 saturated heterocycles. The van der Waals surface area contributed by atoms with Crippen molar-refractivity contribution in [1.29, 1.82) is 0 Å². The van der Waals surface area contributed by atoms with E-state index in [0.717, 1.165) is 29.9 Å². The molecule has 96 valence electrons. The molecule has 1 aliphatic heterocycles. The Balaban J connectivity index is 1.95. The molecule has 2 heterocycles. The summed E-state index contributed by atoms with van der Waals surface area (Å²) in [7, 11) is 0. The minimum atomic E-state index is 0.309. The van der Waals surface area contributed by atoms with Crippen molar-refractivity contribution in [2.75, 3.05) is 6.61 Å². The maximum atomic E-state index is 5.80. The highest BCUT2D eigenvalue weighted by Gasteiger charge is 2.16. The Morgan fingerprint density at radius 1 is 1.44 bits per heavy atom. The predicted octanol–water partition coefficient (Wildman–Crippen LogP) is 3.87. The van der Waals surface area contributed by atoms with Crippen molar-refractivity contribution >= 4 is 45.8 Å². The first-order chi connectivity index (χ1) is 8.74. The SMILES string of the molecule is S=c1[nH]c2cc(I)ccc2n1CC1CCCCO1. The molecular formula is C13H15IN2OS. The van der Waals surface area contributed by atoms with Crippen LogP contribution in [0.1, 0.15) is 19.3 Å². The Morgan fingerprint density at radius 2 is 2.33 bits per heavy atom. The minimum absolute atomic E-state index is 0.309. The fraction of sp³-hybridized carbons (Fsp3) is 0.462. The number of nitrogens with zero attached hydrogens (tertiary/aromatic N) is 1. The number of rotatable bonds is 2. The van der Waals surface area contributed by atoms with Gasteiger partial charge in [0.2, 0.25) is 0 Å². The lowest BCUT2D eigenvalue weighted by molar-refractivity contribution is 0.00641. The van der Waals surface area contributed by atoms with Gasteiger partial charge in [-0.2, -0.15) is 0 Å². The molecule has 0 spiro atoms. The van der Waals surface area contributed by atoms with Crippen LogP contribution < -0.4 is 0 Å². The van der Waals surface area contributed by atoms with Crippen LogP contribution in [0.25, 0.3) is 11.0 Å². The van der Waals surface area contributed by atoms with E-state index in [1.54, 1.807) is 0 Å². The summed E-state index contributed by atoms with van der Waals surface area (Å²) in [6, 6.07) is 6.37. The van der Waals surface area contributed by atoms with Crippen LogP contribution in [-0.4, -0.2) is 22.3 Å². The highest BCUT2D eigenvalue weighted by molar-refractivity contribution is 14.1. The quantitative estimate of drug-likeness (QED) is 0.639. The number of hydrogen-bond acceptors (Lipinski definition) is 2. The van der Waals surface area contributed by atoms with Crippen LogP contribution >= 0.6 is 34.8 Å². The number of nitrogens with one attached hydrogen (secondary N) is 1. The zero-order valence-corrected chi connectivity index (χ0v) is 13.0. The molecule has 1 fully saturated rings. The van der Waals surface area contributed by atoms with Gasteiger partial charge in [-0.1, -0.05) is 0 Å². The molecule has 1 unspecified atom stereocenters. The molecule has 18 heavy (non-hydrogen) atoms. The van der Waals surface area contributed by atoms with Crippen LogP contribution in [0.3, 0.4) is 0 Å². The van der Waals surface area contributed by atoms with Gasteiger partial charge >= 0.3 is 0 Å². The number of aromatic amines is 1. The number of hydrogen-bond donors (Lipinski definition) is 1. The van der Waals surface area contributed by atoms with Crippen molar-refractivity contribution in [2.45, 2.75) is 31.9 Å². The lowest BCUT2D eigenvalue weighted by Gasteiger charge is -2.23. The van der Waals surface area contributed by atoms with Crippen LogP contribution in [0.4, 0.5) is 0 Å². The molecule has 3 nitrogen and oxygen atoms in total. The molecule has 0 aliphatic carbocycles. The number of halogens is 1. The van der Waals surface area contributed by atoms with E-state index in [4.69, 9.17) is 17.0 Å². The van der Waals surface area contributed by atoms with E-state index >= 15 is 0 Å². The van der Waals surface area contributed by atoms with Crippen LogP contribution in [-0.2, 0) is 11.3 Å². The lowest BCUT2D eigenvalue weighted by atomic mass is 10.1. The van der Waals surface area contributed by atoms with E-state index in [1.165, 1.54) is 21.9 Å². The van der Waals surface area contributed by atoms with Gasteiger partial charge in [0.1, 0.15) is 0 Å². The molecule has 3 rings (SSSR count). The molecule has 5 heteroatoms. The highest BCUT2D eigenvalue weighted by atomic mass is 127. The van der Waals surface area contributed by atoms with Crippen molar-refractivity contribution in [3.05, 3.63) is 26.5 Å². The van der Waals surface area contributed by atoms with E-state index in [9.17, 15) is 0 Å². The maximum absolute atomic E-state index is 5.80. The molecule has 0 amide bonds. The third kappa shape index (κ3) is 2.48. The summed E-state index contributed by atoms with van der Waals surface area (Å²) in [6.07, 6.45) is 3.90. The zero-order valence-electron chi connectivity index (χ0n) is 9.99. The zero-order chi connectivity index (χ0) is 12.5. The first-order valence-electron chi connectivity index (χ1n) is 6.24. The summed E-state index contributed by atoms with van der Waals surface area (Å²) < 4.78 is 9.97. The van der Waals surface area contributed by atoms with Crippen LogP contribution in [0, 0.1) is 8.34 Å². The number of benzene rings is 1. The van der Waals surface area contributed by atoms with E-state index in [1.807, 2.05) is 0 Å². The van der Waals surface area contributed by atoms with Gasteiger partial charge in [-0.15, -0.1) is 0 Å². The second kappa shape index (κ2) is 5.30. The number of imidazole rings is 1. The Labute approximate surface area is 125 Å². The fourth-order valence-corrected chi connectivity index (χ4v) is 3.25. The molecule has 0 bridgehead atoms. The Kier molecular flexibility index (Phi) is 3.72. The largest absolute Gasteiger partial charge is 0.376 e. The normalized spacial score (nSPS) is 20.4.